The van der Waals surface area contributed by atoms with Crippen LogP contribution in [0, 0.1) is 11.3 Å². The van der Waals surface area contributed by atoms with Crippen LogP contribution in [-0.4, -0.2) is 9.78 Å². The largest absolute Gasteiger partial charge is 0.252 e. The lowest BCUT2D eigenvalue weighted by Gasteiger charge is -2.22. The van der Waals surface area contributed by atoms with Crippen molar-refractivity contribution in [1.29, 1.82) is 5.26 Å². The molecular formula is C10H13N3. The molecule has 0 unspecified atom stereocenters. The van der Waals surface area contributed by atoms with Crippen LogP contribution in [0.5, 0.6) is 0 Å². The highest BCUT2D eigenvalue weighted by atomic mass is 15.3. The molecule has 2 rings (SSSR count). The predicted octanol–water partition coefficient (Wildman–Crippen LogP) is 2.26. The normalized spacial score (nSPS) is 18.4. The first-order valence-electron chi connectivity index (χ1n) is 4.85. The summed E-state index contributed by atoms with van der Waals surface area (Å²) in [5, 5.41) is 13.0. The van der Waals surface area contributed by atoms with Gasteiger partial charge >= 0.3 is 0 Å². The van der Waals surface area contributed by atoms with Gasteiger partial charge in [0.2, 0.25) is 0 Å². The third kappa shape index (κ3) is 1.57. The van der Waals surface area contributed by atoms with Crippen molar-refractivity contribution >= 4 is 0 Å². The summed E-state index contributed by atoms with van der Waals surface area (Å²) in [6.45, 7) is 0. The highest BCUT2D eigenvalue weighted by molar-refractivity contribution is 5.19. The summed E-state index contributed by atoms with van der Waals surface area (Å²) in [6, 6.07) is 4.43. The fourth-order valence-electron chi connectivity index (χ4n) is 2.02. The molecule has 0 N–H and O–H groups in total. The van der Waals surface area contributed by atoms with Gasteiger partial charge in [0.1, 0.15) is 11.8 Å². The van der Waals surface area contributed by atoms with Gasteiger partial charge in [0, 0.05) is 0 Å². The van der Waals surface area contributed by atoms with Gasteiger partial charge in [-0.05, 0) is 18.9 Å². The van der Waals surface area contributed by atoms with E-state index in [1.54, 1.807) is 12.3 Å². The van der Waals surface area contributed by atoms with Gasteiger partial charge in [-0.1, -0.05) is 19.3 Å². The molecule has 1 aromatic rings. The maximum Gasteiger partial charge on any atom is 0.138 e. The van der Waals surface area contributed by atoms with Crippen LogP contribution in [0.4, 0.5) is 0 Å². The zero-order valence-corrected chi connectivity index (χ0v) is 7.61. The zero-order valence-electron chi connectivity index (χ0n) is 7.61. The van der Waals surface area contributed by atoms with Crippen LogP contribution < -0.4 is 0 Å². The Labute approximate surface area is 78.0 Å². The first-order valence-corrected chi connectivity index (χ1v) is 4.85. The van der Waals surface area contributed by atoms with Crippen molar-refractivity contribution in [1.82, 2.24) is 9.78 Å². The average Bonchev–Trinajstić information content (AvgIpc) is 2.67. The SMILES string of the molecule is N#Cc1ccnn1C1CCCCC1. The van der Waals surface area contributed by atoms with E-state index >= 15 is 0 Å². The van der Waals surface area contributed by atoms with Crippen molar-refractivity contribution in [3.63, 3.8) is 0 Å². The van der Waals surface area contributed by atoms with Crippen LogP contribution in [0.2, 0.25) is 0 Å². The molecule has 3 nitrogen and oxygen atoms in total. The van der Waals surface area contributed by atoms with Crippen LogP contribution in [0.15, 0.2) is 12.3 Å². The molecule has 1 fully saturated rings. The maximum absolute atomic E-state index is 8.83. The van der Waals surface area contributed by atoms with Gasteiger partial charge in [0.15, 0.2) is 0 Å². The minimum atomic E-state index is 0.471. The second-order valence-corrected chi connectivity index (χ2v) is 3.56. The van der Waals surface area contributed by atoms with Crippen LogP contribution in [-0.2, 0) is 0 Å². The molecule has 1 aliphatic rings. The Morgan fingerprint density at radius 3 is 2.85 bits per heavy atom. The Balaban J connectivity index is 2.19. The van der Waals surface area contributed by atoms with Gasteiger partial charge in [-0.2, -0.15) is 10.4 Å². The molecule has 0 saturated heterocycles. The number of rotatable bonds is 1. The van der Waals surface area contributed by atoms with E-state index in [1.807, 2.05) is 4.68 Å². The minimum absolute atomic E-state index is 0.471. The lowest BCUT2D eigenvalue weighted by atomic mass is 9.95. The molecule has 0 bridgehead atoms. The summed E-state index contributed by atoms with van der Waals surface area (Å²) in [5.74, 6) is 0. The molecule has 1 aliphatic carbocycles. The standard InChI is InChI=1S/C10H13N3/c11-8-10-6-7-12-13(10)9-4-2-1-3-5-9/h6-7,9H,1-5H2. The fraction of sp³-hybridized carbons (Fsp3) is 0.600. The van der Waals surface area contributed by atoms with E-state index in [1.165, 1.54) is 32.1 Å². The summed E-state index contributed by atoms with van der Waals surface area (Å²) >= 11 is 0. The fourth-order valence-corrected chi connectivity index (χ4v) is 2.02. The molecule has 0 atom stereocenters. The van der Waals surface area contributed by atoms with E-state index in [-0.39, 0.29) is 0 Å². The number of nitriles is 1. The molecule has 0 radical (unpaired) electrons. The van der Waals surface area contributed by atoms with Gasteiger partial charge in [0.25, 0.3) is 0 Å². The second kappa shape index (κ2) is 3.61. The highest BCUT2D eigenvalue weighted by Gasteiger charge is 2.17. The summed E-state index contributed by atoms with van der Waals surface area (Å²) in [4.78, 5) is 0. The Morgan fingerprint density at radius 2 is 2.15 bits per heavy atom. The molecule has 1 saturated carbocycles. The zero-order chi connectivity index (χ0) is 9.10. The molecule has 3 heteroatoms. The Kier molecular flexibility index (Phi) is 2.31. The summed E-state index contributed by atoms with van der Waals surface area (Å²) in [5.41, 5.74) is 0.701. The average molecular weight is 175 g/mol. The van der Waals surface area contributed by atoms with E-state index in [9.17, 15) is 0 Å². The van der Waals surface area contributed by atoms with Crippen molar-refractivity contribution < 1.29 is 0 Å². The van der Waals surface area contributed by atoms with Gasteiger partial charge in [-0.25, -0.2) is 0 Å². The molecule has 0 aromatic carbocycles. The molecule has 13 heavy (non-hydrogen) atoms. The molecule has 68 valence electrons. The van der Waals surface area contributed by atoms with Gasteiger partial charge in [-0.15, -0.1) is 0 Å². The van der Waals surface area contributed by atoms with Crippen molar-refractivity contribution in [3.8, 4) is 6.07 Å². The third-order valence-corrected chi connectivity index (χ3v) is 2.71. The molecule has 0 amide bonds. The summed E-state index contributed by atoms with van der Waals surface area (Å²) in [6.07, 6.45) is 7.95. The van der Waals surface area contributed by atoms with E-state index in [0.717, 1.165) is 0 Å². The topological polar surface area (TPSA) is 41.6 Å². The number of nitrogens with zero attached hydrogens (tertiary/aromatic N) is 3. The van der Waals surface area contributed by atoms with Crippen LogP contribution in [0.1, 0.15) is 43.8 Å². The lowest BCUT2D eigenvalue weighted by molar-refractivity contribution is 0.327. The summed E-state index contributed by atoms with van der Waals surface area (Å²) in [7, 11) is 0. The minimum Gasteiger partial charge on any atom is -0.252 e. The van der Waals surface area contributed by atoms with Crippen molar-refractivity contribution in [3.05, 3.63) is 18.0 Å². The number of hydrogen-bond acceptors (Lipinski definition) is 2. The highest BCUT2D eigenvalue weighted by Crippen LogP contribution is 2.28. The van der Waals surface area contributed by atoms with Crippen molar-refractivity contribution in [2.45, 2.75) is 38.1 Å². The quantitative estimate of drug-likeness (QED) is 0.657. The van der Waals surface area contributed by atoms with E-state index in [4.69, 9.17) is 5.26 Å². The molecular weight excluding hydrogens is 162 g/mol. The monoisotopic (exact) mass is 175 g/mol. The Hall–Kier alpha value is -1.30. The third-order valence-electron chi connectivity index (χ3n) is 2.71. The van der Waals surface area contributed by atoms with Crippen LogP contribution in [0.25, 0.3) is 0 Å². The predicted molar refractivity (Wildman–Crippen MR) is 49.1 cm³/mol. The molecule has 0 aliphatic heterocycles. The van der Waals surface area contributed by atoms with Crippen molar-refractivity contribution in [2.75, 3.05) is 0 Å². The van der Waals surface area contributed by atoms with Gasteiger partial charge in [0.05, 0.1) is 12.2 Å². The molecule has 1 aromatic heterocycles. The lowest BCUT2D eigenvalue weighted by Crippen LogP contribution is -2.15. The number of hydrogen-bond donors (Lipinski definition) is 0. The first kappa shape index (κ1) is 8.31. The van der Waals surface area contributed by atoms with Gasteiger partial charge in [-0.3, -0.25) is 4.68 Å². The first-order chi connectivity index (χ1) is 6.42. The van der Waals surface area contributed by atoms with E-state index in [0.29, 0.717) is 11.7 Å². The Morgan fingerprint density at radius 1 is 1.38 bits per heavy atom. The smallest absolute Gasteiger partial charge is 0.138 e. The molecule has 0 spiro atoms. The second-order valence-electron chi connectivity index (χ2n) is 3.56. The summed E-state index contributed by atoms with van der Waals surface area (Å²) < 4.78 is 1.89. The maximum atomic E-state index is 8.83. The van der Waals surface area contributed by atoms with Crippen molar-refractivity contribution in [2.24, 2.45) is 0 Å². The van der Waals surface area contributed by atoms with Crippen LogP contribution >= 0.6 is 0 Å². The molecule has 1 heterocycles. The Bertz CT molecular complexity index is 315. The van der Waals surface area contributed by atoms with E-state index < -0.39 is 0 Å². The van der Waals surface area contributed by atoms with Gasteiger partial charge < -0.3 is 0 Å². The van der Waals surface area contributed by atoms with Crippen LogP contribution in [0.3, 0.4) is 0 Å². The van der Waals surface area contributed by atoms with E-state index in [2.05, 4.69) is 11.2 Å². The number of aromatic nitrogens is 2.